The van der Waals surface area contributed by atoms with Gasteiger partial charge in [0, 0.05) is 0 Å². The van der Waals surface area contributed by atoms with Crippen molar-refractivity contribution in [2.24, 2.45) is 0 Å². The van der Waals surface area contributed by atoms with Crippen molar-refractivity contribution in [3.63, 3.8) is 0 Å². The molecule has 8 nitrogen and oxygen atoms in total. The normalized spacial score (nSPS) is 11.0. The van der Waals surface area contributed by atoms with Crippen molar-refractivity contribution < 1.29 is 38.1 Å². The van der Waals surface area contributed by atoms with E-state index < -0.39 is 11.9 Å². The zero-order valence-corrected chi connectivity index (χ0v) is 28.9. The molecular formula is C44H40O8. The lowest BCUT2D eigenvalue weighted by molar-refractivity contribution is 0.0460. The summed E-state index contributed by atoms with van der Waals surface area (Å²) >= 11 is 0. The summed E-state index contributed by atoms with van der Waals surface area (Å²) in [5, 5.41) is 5.73. The summed E-state index contributed by atoms with van der Waals surface area (Å²) in [6.07, 6.45) is 4.13. The molecule has 0 aliphatic heterocycles. The van der Waals surface area contributed by atoms with Gasteiger partial charge in [0.25, 0.3) is 0 Å². The van der Waals surface area contributed by atoms with Gasteiger partial charge in [-0.1, -0.05) is 72.8 Å². The maximum atomic E-state index is 12.7. The summed E-state index contributed by atoms with van der Waals surface area (Å²) in [7, 11) is 0. The highest BCUT2D eigenvalue weighted by atomic mass is 16.5. The van der Waals surface area contributed by atoms with E-state index in [0.717, 1.165) is 45.2 Å². The number of fused-ring (bicyclic) bond motifs is 3. The van der Waals surface area contributed by atoms with Crippen LogP contribution >= 0.6 is 0 Å². The molecule has 6 rings (SSSR count). The van der Waals surface area contributed by atoms with Crippen LogP contribution in [-0.4, -0.2) is 50.3 Å². The Bertz CT molecular complexity index is 2050. The predicted molar refractivity (Wildman–Crippen MR) is 201 cm³/mol. The van der Waals surface area contributed by atoms with E-state index in [1.165, 1.54) is 0 Å². The second kappa shape index (κ2) is 17.8. The predicted octanol–water partition coefficient (Wildman–Crippen LogP) is 9.51. The Morgan fingerprint density at radius 2 is 0.558 bits per heavy atom. The van der Waals surface area contributed by atoms with Crippen molar-refractivity contribution in [3.8, 4) is 0 Å². The second-order valence-electron chi connectivity index (χ2n) is 12.6. The van der Waals surface area contributed by atoms with Gasteiger partial charge in [-0.3, -0.25) is 0 Å². The van der Waals surface area contributed by atoms with Gasteiger partial charge in [-0.15, -0.1) is 0 Å². The standard InChI is InChI=1S/C44H40O8/c45-41(37-19-15-31-11-3-5-13-33(31)27-37)49-23-7-1-9-25-51-43(47)39-21-17-36-30-40(22-18-35(36)29-39)44(48)52-26-10-2-8-24-50-42(46)38-20-16-32-12-4-6-14-34(32)28-38/h3-6,11-22,27-30H,1-2,7-10,23-26H2. The van der Waals surface area contributed by atoms with E-state index in [4.69, 9.17) is 18.9 Å². The van der Waals surface area contributed by atoms with Gasteiger partial charge in [-0.25, -0.2) is 19.2 Å². The van der Waals surface area contributed by atoms with Crippen LogP contribution in [0.3, 0.4) is 0 Å². The Labute approximate surface area is 302 Å². The number of hydrogen-bond acceptors (Lipinski definition) is 8. The zero-order chi connectivity index (χ0) is 36.1. The quantitative estimate of drug-likeness (QED) is 0.0560. The number of hydrogen-bond donors (Lipinski definition) is 0. The zero-order valence-electron chi connectivity index (χ0n) is 28.9. The van der Waals surface area contributed by atoms with Crippen LogP contribution in [-0.2, 0) is 18.9 Å². The third-order valence-corrected chi connectivity index (χ3v) is 8.79. The number of carbonyl (C=O) groups excluding carboxylic acids is 4. The Kier molecular flexibility index (Phi) is 12.2. The van der Waals surface area contributed by atoms with Gasteiger partial charge in [0.1, 0.15) is 0 Å². The fourth-order valence-corrected chi connectivity index (χ4v) is 5.89. The molecule has 0 unspecified atom stereocenters. The highest BCUT2D eigenvalue weighted by Gasteiger charge is 2.13. The summed E-state index contributed by atoms with van der Waals surface area (Å²) in [5.74, 6) is -1.54. The van der Waals surface area contributed by atoms with Crippen LogP contribution in [0.1, 0.15) is 80.0 Å². The number of rotatable bonds is 16. The van der Waals surface area contributed by atoms with Gasteiger partial charge in [0.2, 0.25) is 0 Å². The van der Waals surface area contributed by atoms with Gasteiger partial charge < -0.3 is 18.9 Å². The van der Waals surface area contributed by atoms with Crippen molar-refractivity contribution in [3.05, 3.63) is 144 Å². The minimum atomic E-state index is -0.420. The molecule has 0 aliphatic carbocycles. The molecule has 0 saturated heterocycles. The lowest BCUT2D eigenvalue weighted by Crippen LogP contribution is -2.09. The molecule has 0 amide bonds. The van der Waals surface area contributed by atoms with E-state index in [1.54, 1.807) is 48.5 Å². The number of benzene rings is 6. The van der Waals surface area contributed by atoms with E-state index in [9.17, 15) is 19.2 Å². The van der Waals surface area contributed by atoms with E-state index in [1.807, 2.05) is 72.8 Å². The number of unbranched alkanes of at least 4 members (excludes halogenated alkanes) is 4. The van der Waals surface area contributed by atoms with Crippen LogP contribution in [0.25, 0.3) is 32.3 Å². The molecule has 52 heavy (non-hydrogen) atoms. The van der Waals surface area contributed by atoms with Crippen LogP contribution in [0.5, 0.6) is 0 Å². The molecule has 8 heteroatoms. The molecule has 6 aromatic rings. The first-order valence-corrected chi connectivity index (χ1v) is 17.6. The highest BCUT2D eigenvalue weighted by molar-refractivity contribution is 5.99. The van der Waals surface area contributed by atoms with Crippen LogP contribution < -0.4 is 0 Å². The maximum absolute atomic E-state index is 12.7. The van der Waals surface area contributed by atoms with Crippen molar-refractivity contribution in [1.29, 1.82) is 0 Å². The fourth-order valence-electron chi connectivity index (χ4n) is 5.89. The molecular weight excluding hydrogens is 656 g/mol. The first-order chi connectivity index (χ1) is 25.4. The SMILES string of the molecule is O=C(OCCCCCOC(=O)c1ccc2cc(C(=O)OCCCCCOC(=O)c3ccc4ccccc4c3)ccc2c1)c1ccc2ccccc2c1. The summed E-state index contributed by atoms with van der Waals surface area (Å²) in [4.78, 5) is 50.1. The van der Waals surface area contributed by atoms with Crippen molar-refractivity contribution in [2.45, 2.75) is 38.5 Å². The molecule has 0 saturated carbocycles. The fraction of sp³-hybridized carbons (Fsp3) is 0.227. The highest BCUT2D eigenvalue weighted by Crippen LogP contribution is 2.21. The topological polar surface area (TPSA) is 105 Å². The monoisotopic (exact) mass is 696 g/mol. The molecule has 0 fully saturated rings. The van der Waals surface area contributed by atoms with Crippen molar-refractivity contribution >= 4 is 56.2 Å². The number of ether oxygens (including phenoxy) is 4. The molecule has 0 N–H and O–H groups in total. The first-order valence-electron chi connectivity index (χ1n) is 17.6. The Morgan fingerprint density at radius 1 is 0.308 bits per heavy atom. The molecule has 6 aromatic carbocycles. The summed E-state index contributed by atoms with van der Waals surface area (Å²) in [6, 6.07) is 37.1. The van der Waals surface area contributed by atoms with Crippen LogP contribution in [0.15, 0.2) is 121 Å². The molecule has 0 aromatic heterocycles. The molecule has 0 radical (unpaired) electrons. The minimum absolute atomic E-state index is 0.261. The van der Waals surface area contributed by atoms with E-state index in [2.05, 4.69) is 0 Å². The van der Waals surface area contributed by atoms with E-state index in [0.29, 0.717) is 61.2 Å². The van der Waals surface area contributed by atoms with Crippen molar-refractivity contribution in [1.82, 2.24) is 0 Å². The third kappa shape index (κ3) is 9.60. The molecule has 0 aliphatic rings. The maximum Gasteiger partial charge on any atom is 0.338 e. The van der Waals surface area contributed by atoms with Gasteiger partial charge in [0.05, 0.1) is 48.7 Å². The van der Waals surface area contributed by atoms with Gasteiger partial charge in [-0.2, -0.15) is 0 Å². The number of carbonyl (C=O) groups is 4. The smallest absolute Gasteiger partial charge is 0.338 e. The lowest BCUT2D eigenvalue weighted by Gasteiger charge is -2.09. The van der Waals surface area contributed by atoms with Crippen molar-refractivity contribution in [2.75, 3.05) is 26.4 Å². The molecule has 0 bridgehead atoms. The Balaban J connectivity index is 0.842. The molecule has 0 heterocycles. The molecule has 0 spiro atoms. The average Bonchev–Trinajstić information content (AvgIpc) is 3.18. The second-order valence-corrected chi connectivity index (χ2v) is 12.6. The minimum Gasteiger partial charge on any atom is -0.462 e. The largest absolute Gasteiger partial charge is 0.462 e. The Morgan fingerprint density at radius 3 is 0.865 bits per heavy atom. The van der Waals surface area contributed by atoms with Crippen LogP contribution in [0.4, 0.5) is 0 Å². The number of esters is 4. The Hall–Kier alpha value is -6.02. The third-order valence-electron chi connectivity index (χ3n) is 8.79. The molecule has 0 atom stereocenters. The summed E-state index contributed by atoms with van der Waals surface area (Å²) in [6.45, 7) is 1.12. The average molecular weight is 697 g/mol. The van der Waals surface area contributed by atoms with E-state index >= 15 is 0 Å². The molecule has 264 valence electrons. The van der Waals surface area contributed by atoms with E-state index in [-0.39, 0.29) is 25.2 Å². The van der Waals surface area contributed by atoms with Gasteiger partial charge in [0.15, 0.2) is 0 Å². The van der Waals surface area contributed by atoms with Gasteiger partial charge in [-0.05, 0) is 119 Å². The van der Waals surface area contributed by atoms with Crippen LogP contribution in [0.2, 0.25) is 0 Å². The first kappa shape index (κ1) is 35.8. The summed E-state index contributed by atoms with van der Waals surface area (Å²) < 4.78 is 21.7. The summed E-state index contributed by atoms with van der Waals surface area (Å²) in [5.41, 5.74) is 1.90. The lowest BCUT2D eigenvalue weighted by atomic mass is 10.0. The van der Waals surface area contributed by atoms with Gasteiger partial charge >= 0.3 is 23.9 Å². The van der Waals surface area contributed by atoms with Crippen LogP contribution in [0, 0.1) is 0 Å².